The third-order valence-corrected chi connectivity index (χ3v) is 4.41. The van der Waals surface area contributed by atoms with Crippen molar-refractivity contribution in [3.05, 3.63) is 59.0 Å². The molecule has 7 heteroatoms. The zero-order valence-corrected chi connectivity index (χ0v) is 15.4. The van der Waals surface area contributed by atoms with Gasteiger partial charge >= 0.3 is 0 Å². The summed E-state index contributed by atoms with van der Waals surface area (Å²) in [6, 6.07) is 9.03. The molecule has 2 heterocycles. The average molecular weight is 378 g/mol. The molecule has 0 aliphatic carbocycles. The van der Waals surface area contributed by atoms with E-state index in [-0.39, 0.29) is 30.8 Å². The number of hydrogen-bond donors (Lipinski definition) is 2. The van der Waals surface area contributed by atoms with Crippen LogP contribution in [-0.4, -0.2) is 29.8 Å². The lowest BCUT2D eigenvalue weighted by Gasteiger charge is -2.26. The lowest BCUT2D eigenvalue weighted by molar-refractivity contribution is 0.0724. The van der Waals surface area contributed by atoms with Gasteiger partial charge in [-0.15, -0.1) is 12.4 Å². The number of benzene rings is 1. The first-order valence-electron chi connectivity index (χ1n) is 8.61. The van der Waals surface area contributed by atoms with Crippen molar-refractivity contribution in [1.29, 1.82) is 0 Å². The van der Waals surface area contributed by atoms with Crippen LogP contribution in [0, 0.1) is 0 Å². The molecule has 1 aliphatic rings. The predicted molar refractivity (Wildman–Crippen MR) is 101 cm³/mol. The predicted octanol–water partition coefficient (Wildman–Crippen LogP) is 2.72. The van der Waals surface area contributed by atoms with Crippen LogP contribution in [0.3, 0.4) is 0 Å². The monoisotopic (exact) mass is 377 g/mol. The van der Waals surface area contributed by atoms with Gasteiger partial charge in [0, 0.05) is 25.2 Å². The fraction of sp³-hybridized carbons (Fsp3) is 0.368. The fourth-order valence-corrected chi connectivity index (χ4v) is 2.94. The summed E-state index contributed by atoms with van der Waals surface area (Å²) in [6.07, 6.45) is 4.76. The summed E-state index contributed by atoms with van der Waals surface area (Å²) in [7, 11) is 0. The molecule has 2 amide bonds. The smallest absolute Gasteiger partial charge is 0.254 e. The van der Waals surface area contributed by atoms with E-state index in [1.165, 1.54) is 12.7 Å². The molecule has 1 aromatic carbocycles. The van der Waals surface area contributed by atoms with E-state index in [1.807, 2.05) is 29.2 Å². The number of halogens is 1. The Balaban J connectivity index is 0.00000243. The second-order valence-electron chi connectivity index (χ2n) is 6.24. The Kier molecular flexibility index (Phi) is 7.24. The molecule has 0 radical (unpaired) electrons. The molecule has 140 valence electrons. The first kappa shape index (κ1) is 20.0. The standard InChI is InChI=1S/C19H23N3O3.ClH/c20-11-17-10-16(13-25-17)18(23)21-12-14-4-6-15(7-5-14)19(24)22-8-2-1-3-9-22;/h4-7,10,13H,1-3,8-9,11-12,20H2,(H,21,23);1H. The van der Waals surface area contributed by atoms with Crippen molar-refractivity contribution in [3.63, 3.8) is 0 Å². The molecule has 0 bridgehead atoms. The fourth-order valence-electron chi connectivity index (χ4n) is 2.94. The van der Waals surface area contributed by atoms with Gasteiger partial charge in [-0.2, -0.15) is 0 Å². The molecule has 0 saturated carbocycles. The van der Waals surface area contributed by atoms with Crippen molar-refractivity contribution in [1.82, 2.24) is 10.2 Å². The zero-order chi connectivity index (χ0) is 17.6. The average Bonchev–Trinajstić information content (AvgIpc) is 3.16. The van der Waals surface area contributed by atoms with Crippen LogP contribution in [0.4, 0.5) is 0 Å². The minimum Gasteiger partial charge on any atom is -0.467 e. The van der Waals surface area contributed by atoms with Gasteiger partial charge in [0.25, 0.3) is 11.8 Å². The first-order valence-corrected chi connectivity index (χ1v) is 8.61. The van der Waals surface area contributed by atoms with E-state index in [4.69, 9.17) is 10.2 Å². The van der Waals surface area contributed by atoms with E-state index in [0.29, 0.717) is 23.4 Å². The second-order valence-corrected chi connectivity index (χ2v) is 6.24. The first-order chi connectivity index (χ1) is 12.2. The lowest BCUT2D eigenvalue weighted by atomic mass is 10.1. The molecule has 6 nitrogen and oxygen atoms in total. The van der Waals surface area contributed by atoms with Crippen LogP contribution in [0.5, 0.6) is 0 Å². The third kappa shape index (κ3) is 4.86. The number of nitrogens with one attached hydrogen (secondary N) is 1. The minimum absolute atomic E-state index is 0. The molecule has 1 fully saturated rings. The van der Waals surface area contributed by atoms with Gasteiger partial charge in [-0.3, -0.25) is 9.59 Å². The molecule has 26 heavy (non-hydrogen) atoms. The third-order valence-electron chi connectivity index (χ3n) is 4.41. The Labute approximate surface area is 159 Å². The number of rotatable bonds is 5. The summed E-state index contributed by atoms with van der Waals surface area (Å²) in [4.78, 5) is 26.4. The largest absolute Gasteiger partial charge is 0.467 e. The van der Waals surface area contributed by atoms with Crippen molar-refractivity contribution in [2.45, 2.75) is 32.4 Å². The maximum atomic E-state index is 12.4. The number of carbonyl (C=O) groups is 2. The summed E-state index contributed by atoms with van der Waals surface area (Å²) in [5.74, 6) is 0.450. The van der Waals surface area contributed by atoms with Gasteiger partial charge in [0.2, 0.25) is 0 Å². The Morgan fingerprint density at radius 2 is 1.77 bits per heavy atom. The maximum Gasteiger partial charge on any atom is 0.254 e. The van der Waals surface area contributed by atoms with E-state index in [2.05, 4.69) is 5.32 Å². The van der Waals surface area contributed by atoms with Crippen molar-refractivity contribution in [2.24, 2.45) is 5.73 Å². The quantitative estimate of drug-likeness (QED) is 0.838. The van der Waals surface area contributed by atoms with Gasteiger partial charge in [-0.25, -0.2) is 0 Å². The molecule has 3 N–H and O–H groups in total. The van der Waals surface area contributed by atoms with E-state index in [9.17, 15) is 9.59 Å². The number of amides is 2. The van der Waals surface area contributed by atoms with E-state index in [0.717, 1.165) is 31.5 Å². The molecule has 3 rings (SSSR count). The zero-order valence-electron chi connectivity index (χ0n) is 14.6. The van der Waals surface area contributed by atoms with Crippen LogP contribution in [0.1, 0.15) is 51.3 Å². The Morgan fingerprint density at radius 1 is 1.08 bits per heavy atom. The number of carbonyl (C=O) groups excluding carboxylic acids is 2. The SMILES string of the molecule is Cl.NCc1cc(C(=O)NCc2ccc(C(=O)N3CCCCC3)cc2)co1. The van der Waals surface area contributed by atoms with Crippen LogP contribution in [0.15, 0.2) is 41.0 Å². The van der Waals surface area contributed by atoms with Crippen molar-refractivity contribution >= 4 is 24.2 Å². The molecular formula is C19H24ClN3O3. The Morgan fingerprint density at radius 3 is 2.38 bits per heavy atom. The highest BCUT2D eigenvalue weighted by Crippen LogP contribution is 2.14. The normalized spacial score (nSPS) is 13.8. The highest BCUT2D eigenvalue weighted by atomic mass is 35.5. The summed E-state index contributed by atoms with van der Waals surface area (Å²) in [6.45, 7) is 2.33. The topological polar surface area (TPSA) is 88.6 Å². The number of nitrogens with zero attached hydrogens (tertiary/aromatic N) is 1. The van der Waals surface area contributed by atoms with Gasteiger partial charge in [0.05, 0.1) is 12.1 Å². The van der Waals surface area contributed by atoms with Gasteiger partial charge in [0.15, 0.2) is 0 Å². The molecule has 2 aromatic rings. The van der Waals surface area contributed by atoms with Gasteiger partial charge in [0.1, 0.15) is 12.0 Å². The van der Waals surface area contributed by atoms with Crippen molar-refractivity contribution < 1.29 is 14.0 Å². The number of nitrogens with two attached hydrogens (primary N) is 1. The van der Waals surface area contributed by atoms with E-state index in [1.54, 1.807) is 6.07 Å². The molecule has 0 atom stereocenters. The minimum atomic E-state index is -0.211. The number of likely N-dealkylation sites (tertiary alicyclic amines) is 1. The highest BCUT2D eigenvalue weighted by molar-refractivity contribution is 5.95. The van der Waals surface area contributed by atoms with Gasteiger partial charge < -0.3 is 20.4 Å². The van der Waals surface area contributed by atoms with Gasteiger partial charge in [-0.05, 0) is 43.0 Å². The number of hydrogen-bond acceptors (Lipinski definition) is 4. The van der Waals surface area contributed by atoms with Crippen LogP contribution in [0.25, 0.3) is 0 Å². The molecule has 0 spiro atoms. The number of piperidine rings is 1. The summed E-state index contributed by atoms with van der Waals surface area (Å²) in [5, 5.41) is 2.83. The van der Waals surface area contributed by atoms with Crippen LogP contribution >= 0.6 is 12.4 Å². The number of furan rings is 1. The molecular weight excluding hydrogens is 354 g/mol. The van der Waals surface area contributed by atoms with Crippen LogP contribution in [0.2, 0.25) is 0 Å². The second kappa shape index (κ2) is 9.40. The molecule has 1 saturated heterocycles. The molecule has 1 aromatic heterocycles. The van der Waals surface area contributed by atoms with Crippen molar-refractivity contribution in [3.8, 4) is 0 Å². The summed E-state index contributed by atoms with van der Waals surface area (Å²) < 4.78 is 5.16. The lowest BCUT2D eigenvalue weighted by Crippen LogP contribution is -2.35. The molecule has 1 aliphatic heterocycles. The Bertz CT molecular complexity index is 737. The van der Waals surface area contributed by atoms with Gasteiger partial charge in [-0.1, -0.05) is 12.1 Å². The van der Waals surface area contributed by atoms with E-state index < -0.39 is 0 Å². The highest BCUT2D eigenvalue weighted by Gasteiger charge is 2.18. The summed E-state index contributed by atoms with van der Waals surface area (Å²) in [5.41, 5.74) is 7.55. The molecule has 0 unspecified atom stereocenters. The Hall–Kier alpha value is -2.31. The van der Waals surface area contributed by atoms with E-state index >= 15 is 0 Å². The maximum absolute atomic E-state index is 12.4. The summed E-state index contributed by atoms with van der Waals surface area (Å²) >= 11 is 0. The van der Waals surface area contributed by atoms with Crippen molar-refractivity contribution in [2.75, 3.05) is 13.1 Å². The van der Waals surface area contributed by atoms with Crippen LogP contribution < -0.4 is 11.1 Å². The van der Waals surface area contributed by atoms with Crippen LogP contribution in [-0.2, 0) is 13.1 Å².